The van der Waals surface area contributed by atoms with E-state index in [0.717, 1.165) is 0 Å². The second-order valence-electron chi connectivity index (χ2n) is 5.78. The second kappa shape index (κ2) is 7.89. The Morgan fingerprint density at radius 3 is 2.64 bits per heavy atom. The first-order chi connectivity index (χ1) is 13.4. The van der Waals surface area contributed by atoms with Crippen molar-refractivity contribution in [3.8, 4) is 17.1 Å². The van der Waals surface area contributed by atoms with E-state index < -0.39 is 27.8 Å². The number of ether oxygens (including phenoxy) is 2. The molecule has 0 unspecified atom stereocenters. The minimum Gasteiger partial charge on any atom is -0.507 e. The largest absolute Gasteiger partial charge is 0.507 e. The molecular weight excluding hydrogens is 370 g/mol. The van der Waals surface area contributed by atoms with Crippen molar-refractivity contribution in [3.63, 3.8) is 0 Å². The molecule has 9 nitrogen and oxygen atoms in total. The van der Waals surface area contributed by atoms with Gasteiger partial charge in [-0.15, -0.1) is 0 Å². The van der Waals surface area contributed by atoms with Crippen LogP contribution < -0.4 is 5.43 Å². The van der Waals surface area contributed by atoms with E-state index in [0.29, 0.717) is 5.56 Å². The summed E-state index contributed by atoms with van der Waals surface area (Å²) in [6, 6.07) is 10.2. The predicted octanol–water partition coefficient (Wildman–Crippen LogP) is 2.76. The van der Waals surface area contributed by atoms with Gasteiger partial charge in [0.05, 0.1) is 22.3 Å². The predicted molar refractivity (Wildman–Crippen MR) is 97.9 cm³/mol. The fourth-order valence-corrected chi connectivity index (χ4v) is 2.75. The molecule has 0 aliphatic carbocycles. The number of phenolic OH excluding ortho intramolecular Hbond substituents is 1. The van der Waals surface area contributed by atoms with E-state index in [4.69, 9.17) is 9.15 Å². The molecule has 2 aromatic carbocycles. The van der Waals surface area contributed by atoms with Gasteiger partial charge in [0, 0.05) is 12.7 Å². The van der Waals surface area contributed by atoms with Crippen LogP contribution in [-0.4, -0.2) is 29.9 Å². The highest BCUT2D eigenvalue weighted by atomic mass is 16.7. The third kappa shape index (κ3) is 3.55. The first-order valence-electron chi connectivity index (χ1n) is 8.10. The first-order valence-corrected chi connectivity index (χ1v) is 8.10. The number of hydrogen-bond acceptors (Lipinski definition) is 8. The average Bonchev–Trinajstić information content (AvgIpc) is 2.67. The summed E-state index contributed by atoms with van der Waals surface area (Å²) in [5.41, 5.74) is -1.37. The maximum absolute atomic E-state index is 12.8. The van der Waals surface area contributed by atoms with E-state index in [9.17, 15) is 24.8 Å². The Bertz CT molecular complexity index is 1120. The third-order valence-electron chi connectivity index (χ3n) is 3.98. The van der Waals surface area contributed by atoms with E-state index in [2.05, 4.69) is 4.74 Å². The maximum Gasteiger partial charge on any atom is 0.359 e. The number of nitrogens with zero attached hydrogens (tertiary/aromatic N) is 1. The lowest BCUT2D eigenvalue weighted by atomic mass is 10.0. The van der Waals surface area contributed by atoms with Crippen molar-refractivity contribution in [2.75, 3.05) is 13.9 Å². The van der Waals surface area contributed by atoms with Crippen molar-refractivity contribution in [2.45, 2.75) is 6.42 Å². The van der Waals surface area contributed by atoms with Gasteiger partial charge in [-0.2, -0.15) is 0 Å². The summed E-state index contributed by atoms with van der Waals surface area (Å²) in [4.78, 5) is 35.4. The summed E-state index contributed by atoms with van der Waals surface area (Å²) < 4.78 is 15.2. The Morgan fingerprint density at radius 1 is 1.21 bits per heavy atom. The van der Waals surface area contributed by atoms with Gasteiger partial charge in [0.25, 0.3) is 5.43 Å². The van der Waals surface area contributed by atoms with Crippen LogP contribution in [0.15, 0.2) is 51.7 Å². The third-order valence-corrected chi connectivity index (χ3v) is 3.98. The number of para-hydroxylation sites is 2. The number of esters is 1. The summed E-state index contributed by atoms with van der Waals surface area (Å²) >= 11 is 0. The van der Waals surface area contributed by atoms with Gasteiger partial charge < -0.3 is 19.0 Å². The van der Waals surface area contributed by atoms with Gasteiger partial charge in [0.1, 0.15) is 11.3 Å². The molecule has 0 aliphatic rings. The molecule has 3 aromatic rings. The van der Waals surface area contributed by atoms with Crippen LogP contribution in [0.1, 0.15) is 5.56 Å². The highest BCUT2D eigenvalue weighted by molar-refractivity contribution is 5.89. The minimum atomic E-state index is -0.878. The zero-order chi connectivity index (χ0) is 20.3. The molecule has 0 bridgehead atoms. The fourth-order valence-electron chi connectivity index (χ4n) is 2.75. The van der Waals surface area contributed by atoms with Gasteiger partial charge in [-0.05, 0) is 18.2 Å². The highest BCUT2D eigenvalue weighted by Crippen LogP contribution is 2.36. The summed E-state index contributed by atoms with van der Waals surface area (Å²) in [5.74, 6) is -1.30. The van der Waals surface area contributed by atoms with Gasteiger partial charge >= 0.3 is 11.7 Å². The van der Waals surface area contributed by atoms with Crippen molar-refractivity contribution in [3.05, 3.63) is 68.4 Å². The summed E-state index contributed by atoms with van der Waals surface area (Å²) in [6.07, 6.45) is -0.234. The molecule has 0 spiro atoms. The topological polar surface area (TPSA) is 129 Å². The number of phenols is 1. The lowest BCUT2D eigenvalue weighted by Gasteiger charge is -2.09. The fraction of sp³-hybridized carbons (Fsp3) is 0.158. The van der Waals surface area contributed by atoms with Crippen LogP contribution in [0.4, 0.5) is 5.69 Å². The van der Waals surface area contributed by atoms with E-state index in [-0.39, 0.29) is 35.5 Å². The van der Waals surface area contributed by atoms with Gasteiger partial charge in [-0.25, -0.2) is 0 Å². The van der Waals surface area contributed by atoms with Gasteiger partial charge in [-0.3, -0.25) is 19.7 Å². The number of fused-ring (bicyclic) bond motifs is 1. The highest BCUT2D eigenvalue weighted by Gasteiger charge is 2.28. The molecular formula is C19H15NO8. The molecule has 1 N–H and O–H groups in total. The first kappa shape index (κ1) is 19.1. The SMILES string of the molecule is COCOC(=O)Cc1cccc2c(=O)c([N+](=O)[O-])c(-c3ccccc3O)oc12. The Hall–Kier alpha value is -3.72. The van der Waals surface area contributed by atoms with Crippen LogP contribution in [0, 0.1) is 10.1 Å². The molecule has 28 heavy (non-hydrogen) atoms. The number of carbonyl (C=O) groups excluding carboxylic acids is 1. The van der Waals surface area contributed by atoms with Crippen LogP contribution >= 0.6 is 0 Å². The maximum atomic E-state index is 12.8. The standard InChI is InChI=1S/C19H15NO8/c1-26-10-27-15(22)9-11-5-4-7-13-17(23)16(20(24)25)19(28-18(11)13)12-6-2-3-8-14(12)21/h2-8,21H,9-10H2,1H3. The van der Waals surface area contributed by atoms with Gasteiger partial charge in [-0.1, -0.05) is 24.3 Å². The van der Waals surface area contributed by atoms with Crippen LogP contribution in [0.3, 0.4) is 0 Å². The molecule has 144 valence electrons. The van der Waals surface area contributed by atoms with Gasteiger partial charge in [0.15, 0.2) is 6.79 Å². The number of rotatable bonds is 6. The monoisotopic (exact) mass is 385 g/mol. The normalized spacial score (nSPS) is 10.8. The number of benzene rings is 2. The molecule has 1 aromatic heterocycles. The summed E-state index contributed by atoms with van der Waals surface area (Å²) in [5, 5.41) is 21.5. The molecule has 0 radical (unpaired) electrons. The van der Waals surface area contributed by atoms with Crippen LogP contribution in [0.2, 0.25) is 0 Å². The summed E-state index contributed by atoms with van der Waals surface area (Å²) in [7, 11) is 1.36. The molecule has 0 saturated heterocycles. The molecule has 0 fully saturated rings. The Labute approximate surface area is 157 Å². The second-order valence-corrected chi connectivity index (χ2v) is 5.78. The molecule has 0 amide bonds. The summed E-state index contributed by atoms with van der Waals surface area (Å²) in [6.45, 7) is -0.234. The number of hydrogen-bond donors (Lipinski definition) is 1. The molecule has 9 heteroatoms. The van der Waals surface area contributed by atoms with Crippen molar-refractivity contribution in [2.24, 2.45) is 0 Å². The van der Waals surface area contributed by atoms with Crippen molar-refractivity contribution >= 4 is 22.6 Å². The zero-order valence-electron chi connectivity index (χ0n) is 14.7. The van der Waals surface area contributed by atoms with Gasteiger partial charge in [0.2, 0.25) is 5.76 Å². The average molecular weight is 385 g/mol. The number of methoxy groups -OCH3 is 1. The Morgan fingerprint density at radius 2 is 1.96 bits per heavy atom. The van der Waals surface area contributed by atoms with E-state index in [1.54, 1.807) is 6.07 Å². The number of aromatic hydroxyl groups is 1. The Balaban J connectivity index is 2.26. The Kier molecular flexibility index (Phi) is 5.37. The molecule has 0 saturated carbocycles. The number of nitro groups is 1. The minimum absolute atomic E-state index is 0.00530. The lowest BCUT2D eigenvalue weighted by molar-refractivity contribution is -0.386. The van der Waals surface area contributed by atoms with Crippen molar-refractivity contribution in [1.82, 2.24) is 0 Å². The van der Waals surface area contributed by atoms with Crippen LogP contribution in [0.5, 0.6) is 5.75 Å². The molecule has 0 aliphatic heterocycles. The van der Waals surface area contributed by atoms with Crippen molar-refractivity contribution in [1.29, 1.82) is 0 Å². The van der Waals surface area contributed by atoms with Crippen LogP contribution in [-0.2, 0) is 20.7 Å². The van der Waals surface area contributed by atoms with E-state index >= 15 is 0 Å². The molecule has 1 heterocycles. The van der Waals surface area contributed by atoms with E-state index in [1.165, 1.54) is 43.5 Å². The molecule has 3 rings (SSSR count). The lowest BCUT2D eigenvalue weighted by Crippen LogP contribution is -2.13. The zero-order valence-corrected chi connectivity index (χ0v) is 14.7. The number of carbonyl (C=O) groups is 1. The smallest absolute Gasteiger partial charge is 0.359 e. The van der Waals surface area contributed by atoms with Crippen molar-refractivity contribution < 1.29 is 28.7 Å². The van der Waals surface area contributed by atoms with Crippen LogP contribution in [0.25, 0.3) is 22.3 Å². The van der Waals surface area contributed by atoms with E-state index in [1.807, 2.05) is 0 Å². The quantitative estimate of drug-likeness (QED) is 0.297. The molecule has 0 atom stereocenters.